The molecule has 0 aliphatic carbocycles. The Morgan fingerprint density at radius 1 is 1.16 bits per heavy atom. The van der Waals surface area contributed by atoms with E-state index in [2.05, 4.69) is 45.6 Å². The van der Waals surface area contributed by atoms with E-state index in [4.69, 9.17) is 4.98 Å². The lowest BCUT2D eigenvalue weighted by Gasteiger charge is -2.34. The molecule has 3 aromatic heterocycles. The maximum Gasteiger partial charge on any atom is 0.263 e. The number of piperazine rings is 1. The van der Waals surface area contributed by atoms with Crippen LogP contribution in [0.3, 0.4) is 0 Å². The quantitative estimate of drug-likeness (QED) is 0.749. The Bertz CT molecular complexity index is 930. The Hall–Kier alpha value is -2.42. The molecule has 0 saturated carbocycles. The van der Waals surface area contributed by atoms with Gasteiger partial charge >= 0.3 is 0 Å². The molecule has 9 heteroatoms. The fraction of sp³-hybridized carbons (Fsp3) is 0.500. The molecule has 0 aromatic carbocycles. The first-order valence-electron chi connectivity index (χ1n) is 8.31. The maximum absolute atomic E-state index is 12.4. The molecular weight excluding hydrogens is 338 g/mol. The van der Waals surface area contributed by atoms with Crippen LogP contribution in [0, 0.1) is 0 Å². The molecule has 0 unspecified atom stereocenters. The van der Waals surface area contributed by atoms with E-state index in [-0.39, 0.29) is 11.1 Å². The molecular formula is C16H21N7OS. The molecule has 0 atom stereocenters. The third kappa shape index (κ3) is 2.88. The van der Waals surface area contributed by atoms with E-state index in [1.54, 1.807) is 17.5 Å². The molecule has 25 heavy (non-hydrogen) atoms. The molecule has 8 nitrogen and oxygen atoms in total. The molecule has 3 aromatic rings. The van der Waals surface area contributed by atoms with Crippen molar-refractivity contribution in [1.82, 2.24) is 24.7 Å². The normalized spacial score (nSPS) is 16.0. The molecule has 1 saturated heterocycles. The number of nitrogens with one attached hydrogen (secondary N) is 1. The molecule has 0 radical (unpaired) electrons. The predicted molar refractivity (Wildman–Crippen MR) is 99.7 cm³/mol. The Morgan fingerprint density at radius 2 is 1.88 bits per heavy atom. The van der Waals surface area contributed by atoms with Gasteiger partial charge < -0.3 is 9.80 Å². The molecule has 4 rings (SSSR count). The van der Waals surface area contributed by atoms with Crippen LogP contribution in [-0.2, 0) is 5.54 Å². The summed E-state index contributed by atoms with van der Waals surface area (Å²) in [5.41, 5.74) is 0.259. The van der Waals surface area contributed by atoms with Gasteiger partial charge in [0.15, 0.2) is 10.8 Å². The average molecular weight is 359 g/mol. The summed E-state index contributed by atoms with van der Waals surface area (Å²) in [7, 11) is 0. The van der Waals surface area contributed by atoms with Gasteiger partial charge in [-0.1, -0.05) is 0 Å². The highest BCUT2D eigenvalue weighted by atomic mass is 32.1. The number of aromatic nitrogens is 5. The standard InChI is InChI=1S/C16H21N7OS/c1-16(2,3)23-12-11(10-18-23)13(24)20-14(19-12)21-5-7-22(8-6-21)15-17-4-9-25-15/h4,9-10H,5-8H2,1-3H3,(H,19,20,24). The fourth-order valence-electron chi connectivity index (χ4n) is 3.03. The number of anilines is 2. The first kappa shape index (κ1) is 16.1. The molecule has 0 spiro atoms. The number of fused-ring (bicyclic) bond motifs is 1. The molecule has 4 heterocycles. The summed E-state index contributed by atoms with van der Waals surface area (Å²) in [6.45, 7) is 9.44. The molecule has 1 N–H and O–H groups in total. The third-order valence-corrected chi connectivity index (χ3v) is 5.16. The Kier molecular flexibility index (Phi) is 3.75. The van der Waals surface area contributed by atoms with Crippen LogP contribution < -0.4 is 15.4 Å². The number of nitrogens with zero attached hydrogens (tertiary/aromatic N) is 6. The number of thiazole rings is 1. The minimum Gasteiger partial charge on any atom is -0.345 e. The summed E-state index contributed by atoms with van der Waals surface area (Å²) in [5.74, 6) is 0.613. The maximum atomic E-state index is 12.4. The van der Waals surface area contributed by atoms with Crippen LogP contribution in [0.1, 0.15) is 20.8 Å². The van der Waals surface area contributed by atoms with E-state index in [1.165, 1.54) is 0 Å². The van der Waals surface area contributed by atoms with E-state index >= 15 is 0 Å². The largest absolute Gasteiger partial charge is 0.345 e. The van der Waals surface area contributed by atoms with Crippen molar-refractivity contribution >= 4 is 33.5 Å². The van der Waals surface area contributed by atoms with Crippen LogP contribution in [-0.4, -0.2) is 50.9 Å². The summed E-state index contributed by atoms with van der Waals surface area (Å²) < 4.78 is 1.81. The topological polar surface area (TPSA) is 82.9 Å². The number of hydrogen-bond donors (Lipinski definition) is 1. The van der Waals surface area contributed by atoms with E-state index in [0.717, 1.165) is 31.3 Å². The molecule has 0 amide bonds. The van der Waals surface area contributed by atoms with Crippen molar-refractivity contribution in [1.29, 1.82) is 0 Å². The smallest absolute Gasteiger partial charge is 0.263 e. The highest BCUT2D eigenvalue weighted by molar-refractivity contribution is 7.13. The molecule has 1 aliphatic rings. The Morgan fingerprint density at radius 3 is 2.52 bits per heavy atom. The fourth-order valence-corrected chi connectivity index (χ4v) is 3.73. The van der Waals surface area contributed by atoms with Gasteiger partial charge in [0.2, 0.25) is 5.95 Å². The second-order valence-corrected chi connectivity index (χ2v) is 8.02. The zero-order valence-corrected chi connectivity index (χ0v) is 15.4. The first-order chi connectivity index (χ1) is 11.9. The lowest BCUT2D eigenvalue weighted by atomic mass is 10.1. The van der Waals surface area contributed by atoms with Crippen molar-refractivity contribution in [3.05, 3.63) is 28.1 Å². The van der Waals surface area contributed by atoms with Crippen LogP contribution in [0.25, 0.3) is 11.0 Å². The minimum atomic E-state index is -0.233. The van der Waals surface area contributed by atoms with E-state index < -0.39 is 0 Å². The van der Waals surface area contributed by atoms with Gasteiger partial charge in [0, 0.05) is 37.8 Å². The van der Waals surface area contributed by atoms with Crippen molar-refractivity contribution in [2.24, 2.45) is 0 Å². The molecule has 0 bridgehead atoms. The first-order valence-corrected chi connectivity index (χ1v) is 9.19. The van der Waals surface area contributed by atoms with Crippen molar-refractivity contribution < 1.29 is 0 Å². The van der Waals surface area contributed by atoms with Gasteiger partial charge in [-0.2, -0.15) is 10.1 Å². The van der Waals surface area contributed by atoms with Crippen molar-refractivity contribution in [2.45, 2.75) is 26.3 Å². The van der Waals surface area contributed by atoms with Crippen LogP contribution >= 0.6 is 11.3 Å². The lowest BCUT2D eigenvalue weighted by molar-refractivity contribution is 0.366. The van der Waals surface area contributed by atoms with Gasteiger partial charge in [-0.25, -0.2) is 9.67 Å². The van der Waals surface area contributed by atoms with Gasteiger partial charge in [0.05, 0.1) is 11.7 Å². The van der Waals surface area contributed by atoms with E-state index in [1.807, 2.05) is 16.3 Å². The lowest BCUT2D eigenvalue weighted by Crippen LogP contribution is -2.47. The second-order valence-electron chi connectivity index (χ2n) is 7.14. The second kappa shape index (κ2) is 5.83. The Balaban J connectivity index is 1.63. The number of H-pyrrole nitrogens is 1. The zero-order chi connectivity index (χ0) is 17.6. The van der Waals surface area contributed by atoms with Crippen LogP contribution in [0.15, 0.2) is 22.6 Å². The van der Waals surface area contributed by atoms with Crippen LogP contribution in [0.2, 0.25) is 0 Å². The zero-order valence-electron chi connectivity index (χ0n) is 14.6. The minimum absolute atomic E-state index is 0.141. The van der Waals surface area contributed by atoms with Gasteiger partial charge in [0.1, 0.15) is 5.39 Å². The average Bonchev–Trinajstić information content (AvgIpc) is 3.24. The monoisotopic (exact) mass is 359 g/mol. The Labute approximate surface area is 149 Å². The molecule has 1 aliphatic heterocycles. The van der Waals surface area contributed by atoms with Crippen molar-refractivity contribution in [3.63, 3.8) is 0 Å². The van der Waals surface area contributed by atoms with Gasteiger partial charge in [-0.3, -0.25) is 9.78 Å². The number of hydrogen-bond acceptors (Lipinski definition) is 7. The van der Waals surface area contributed by atoms with Crippen LogP contribution in [0.5, 0.6) is 0 Å². The van der Waals surface area contributed by atoms with Crippen molar-refractivity contribution in [2.75, 3.05) is 36.0 Å². The predicted octanol–water partition coefficient (Wildman–Crippen LogP) is 1.66. The van der Waals surface area contributed by atoms with Gasteiger partial charge in [-0.15, -0.1) is 11.3 Å². The van der Waals surface area contributed by atoms with Crippen molar-refractivity contribution in [3.8, 4) is 0 Å². The summed E-state index contributed by atoms with van der Waals surface area (Å²) in [6.07, 6.45) is 3.42. The van der Waals surface area contributed by atoms with Crippen LogP contribution in [0.4, 0.5) is 11.1 Å². The summed E-state index contributed by atoms with van der Waals surface area (Å²) in [6, 6.07) is 0. The van der Waals surface area contributed by atoms with E-state index in [0.29, 0.717) is 17.0 Å². The molecule has 1 fully saturated rings. The highest BCUT2D eigenvalue weighted by Crippen LogP contribution is 2.22. The number of rotatable bonds is 2. The summed E-state index contributed by atoms with van der Waals surface area (Å²) in [5, 5.41) is 7.92. The third-order valence-electron chi connectivity index (χ3n) is 4.33. The molecule has 132 valence electrons. The summed E-state index contributed by atoms with van der Waals surface area (Å²) in [4.78, 5) is 28.8. The summed E-state index contributed by atoms with van der Waals surface area (Å²) >= 11 is 1.65. The van der Waals surface area contributed by atoms with E-state index in [9.17, 15) is 4.79 Å². The SMILES string of the molecule is CC(C)(C)n1ncc2c(=O)[nH]c(N3CCN(c4nccs4)CC3)nc21. The van der Waals surface area contributed by atoms with Gasteiger partial charge in [-0.05, 0) is 20.8 Å². The van der Waals surface area contributed by atoms with Gasteiger partial charge in [0.25, 0.3) is 5.56 Å². The highest BCUT2D eigenvalue weighted by Gasteiger charge is 2.24. The number of aromatic amines is 1.